The quantitative estimate of drug-likeness (QED) is 0.819. The molecule has 0 fully saturated rings. The van der Waals surface area contributed by atoms with Gasteiger partial charge in [-0.05, 0) is 37.7 Å². The van der Waals surface area contributed by atoms with E-state index in [2.05, 4.69) is 15.9 Å². The van der Waals surface area contributed by atoms with Crippen LogP contribution in [-0.4, -0.2) is 41.7 Å². The minimum absolute atomic E-state index is 0. The van der Waals surface area contributed by atoms with Crippen molar-refractivity contribution in [2.24, 2.45) is 0 Å². The molecule has 0 aromatic heterocycles. The molecule has 0 aliphatic heterocycles. The first kappa shape index (κ1) is 18.2. The summed E-state index contributed by atoms with van der Waals surface area (Å²) in [4.78, 5) is 12.7. The smallest absolute Gasteiger partial charge is 0.320 e. The van der Waals surface area contributed by atoms with Gasteiger partial charge < -0.3 is 9.84 Å². The Labute approximate surface area is 128 Å². The van der Waals surface area contributed by atoms with Gasteiger partial charge in [0.25, 0.3) is 0 Å². The highest BCUT2D eigenvalue weighted by atomic mass is 79.9. The number of carboxylic acids is 1. The number of carboxylic acid groups (broad SMARTS) is 1. The van der Waals surface area contributed by atoms with E-state index < -0.39 is 12.0 Å². The molecule has 108 valence electrons. The molecule has 1 aromatic rings. The SMILES string of the molecule is CCN(CCOc1ccc(Br)cc1)C(C)C(=O)O.Cl. The summed E-state index contributed by atoms with van der Waals surface area (Å²) in [6.07, 6.45) is 0. The Morgan fingerprint density at radius 3 is 2.47 bits per heavy atom. The zero-order chi connectivity index (χ0) is 13.5. The Hall–Kier alpha value is -0.780. The van der Waals surface area contributed by atoms with Crippen LogP contribution in [0.5, 0.6) is 5.75 Å². The van der Waals surface area contributed by atoms with E-state index in [9.17, 15) is 4.79 Å². The Morgan fingerprint density at radius 1 is 1.42 bits per heavy atom. The number of carbonyl (C=O) groups is 1. The van der Waals surface area contributed by atoms with Crippen molar-refractivity contribution >= 4 is 34.3 Å². The van der Waals surface area contributed by atoms with Gasteiger partial charge in [0.2, 0.25) is 0 Å². The fourth-order valence-corrected chi connectivity index (χ4v) is 1.86. The van der Waals surface area contributed by atoms with Gasteiger partial charge in [0, 0.05) is 11.0 Å². The van der Waals surface area contributed by atoms with E-state index in [0.717, 1.165) is 10.2 Å². The third kappa shape index (κ3) is 6.27. The van der Waals surface area contributed by atoms with Gasteiger partial charge in [0.05, 0.1) is 0 Å². The predicted octanol–water partition coefficient (Wildman–Crippen LogP) is 3.04. The molecule has 0 spiro atoms. The van der Waals surface area contributed by atoms with Crippen LogP contribution in [0.3, 0.4) is 0 Å². The highest BCUT2D eigenvalue weighted by molar-refractivity contribution is 9.10. The summed E-state index contributed by atoms with van der Waals surface area (Å²) >= 11 is 3.35. The van der Waals surface area contributed by atoms with Crippen molar-refractivity contribution in [2.45, 2.75) is 19.9 Å². The van der Waals surface area contributed by atoms with E-state index in [1.807, 2.05) is 36.1 Å². The van der Waals surface area contributed by atoms with Gasteiger partial charge in [0.1, 0.15) is 18.4 Å². The van der Waals surface area contributed by atoms with Gasteiger partial charge in [-0.2, -0.15) is 0 Å². The Kier molecular flexibility index (Phi) is 8.80. The first-order chi connectivity index (χ1) is 8.54. The molecule has 1 unspecified atom stereocenters. The van der Waals surface area contributed by atoms with Crippen molar-refractivity contribution in [2.75, 3.05) is 19.7 Å². The van der Waals surface area contributed by atoms with Gasteiger partial charge >= 0.3 is 5.97 Å². The highest BCUT2D eigenvalue weighted by Gasteiger charge is 2.18. The first-order valence-electron chi connectivity index (χ1n) is 5.89. The lowest BCUT2D eigenvalue weighted by Gasteiger charge is -2.24. The number of hydrogen-bond acceptors (Lipinski definition) is 3. The van der Waals surface area contributed by atoms with E-state index in [1.165, 1.54) is 0 Å². The minimum Gasteiger partial charge on any atom is -0.492 e. The number of aliphatic carboxylic acids is 1. The molecule has 0 amide bonds. The normalized spacial score (nSPS) is 11.8. The van der Waals surface area contributed by atoms with Crippen LogP contribution < -0.4 is 4.74 Å². The highest BCUT2D eigenvalue weighted by Crippen LogP contribution is 2.16. The third-order valence-corrected chi connectivity index (χ3v) is 3.30. The monoisotopic (exact) mass is 351 g/mol. The summed E-state index contributed by atoms with van der Waals surface area (Å²) < 4.78 is 6.57. The average molecular weight is 353 g/mol. The van der Waals surface area contributed by atoms with Gasteiger partial charge in [-0.25, -0.2) is 0 Å². The molecule has 0 bridgehead atoms. The maximum absolute atomic E-state index is 10.9. The van der Waals surface area contributed by atoms with Crippen molar-refractivity contribution in [1.82, 2.24) is 4.90 Å². The van der Waals surface area contributed by atoms with Crippen molar-refractivity contribution < 1.29 is 14.6 Å². The van der Waals surface area contributed by atoms with Crippen molar-refractivity contribution in [3.05, 3.63) is 28.7 Å². The summed E-state index contributed by atoms with van der Waals surface area (Å²) in [6, 6.07) is 7.09. The molecule has 0 radical (unpaired) electrons. The van der Waals surface area contributed by atoms with Crippen LogP contribution in [0.1, 0.15) is 13.8 Å². The van der Waals surface area contributed by atoms with Crippen molar-refractivity contribution in [3.8, 4) is 5.75 Å². The largest absolute Gasteiger partial charge is 0.492 e. The van der Waals surface area contributed by atoms with Crippen LogP contribution in [0.25, 0.3) is 0 Å². The van der Waals surface area contributed by atoms with Gasteiger partial charge in [0.15, 0.2) is 0 Å². The molecule has 0 aliphatic carbocycles. The standard InChI is InChI=1S/C13H18BrNO3.ClH/c1-3-15(10(2)13(16)17)8-9-18-12-6-4-11(14)5-7-12;/h4-7,10H,3,8-9H2,1-2H3,(H,16,17);1H. The molecule has 1 aromatic carbocycles. The summed E-state index contributed by atoms with van der Waals surface area (Å²) in [7, 11) is 0. The molecular weight excluding hydrogens is 334 g/mol. The van der Waals surface area contributed by atoms with Crippen LogP contribution in [0.2, 0.25) is 0 Å². The lowest BCUT2D eigenvalue weighted by atomic mass is 10.3. The Balaban J connectivity index is 0.00000324. The fourth-order valence-electron chi connectivity index (χ4n) is 1.59. The molecule has 19 heavy (non-hydrogen) atoms. The molecule has 1 N–H and O–H groups in total. The first-order valence-corrected chi connectivity index (χ1v) is 6.69. The average Bonchev–Trinajstić information content (AvgIpc) is 2.36. The van der Waals surface area contributed by atoms with E-state index in [4.69, 9.17) is 9.84 Å². The lowest BCUT2D eigenvalue weighted by Crippen LogP contribution is -2.41. The topological polar surface area (TPSA) is 49.8 Å². The molecule has 1 rings (SSSR count). The van der Waals surface area contributed by atoms with Gasteiger partial charge in [-0.15, -0.1) is 12.4 Å². The number of hydrogen-bond donors (Lipinski definition) is 1. The van der Waals surface area contributed by atoms with E-state index in [1.54, 1.807) is 6.92 Å². The second-order valence-corrected chi connectivity index (χ2v) is 4.86. The van der Waals surface area contributed by atoms with E-state index in [0.29, 0.717) is 19.7 Å². The van der Waals surface area contributed by atoms with E-state index >= 15 is 0 Å². The second-order valence-electron chi connectivity index (χ2n) is 3.95. The number of rotatable bonds is 7. The molecule has 1 atom stereocenters. The van der Waals surface area contributed by atoms with Crippen molar-refractivity contribution in [3.63, 3.8) is 0 Å². The number of benzene rings is 1. The summed E-state index contributed by atoms with van der Waals surface area (Å²) in [5.74, 6) is -0.0160. The Morgan fingerprint density at radius 2 is 2.00 bits per heavy atom. The minimum atomic E-state index is -0.805. The molecule has 0 saturated heterocycles. The number of halogens is 2. The molecule has 0 aliphatic rings. The molecule has 6 heteroatoms. The van der Waals surface area contributed by atoms with Crippen LogP contribution >= 0.6 is 28.3 Å². The van der Waals surface area contributed by atoms with Gasteiger partial charge in [-0.3, -0.25) is 9.69 Å². The molecule has 0 heterocycles. The zero-order valence-corrected chi connectivity index (χ0v) is 13.4. The molecule has 4 nitrogen and oxygen atoms in total. The molecular formula is C13H19BrClNO3. The Bertz CT molecular complexity index is 386. The third-order valence-electron chi connectivity index (χ3n) is 2.77. The van der Waals surface area contributed by atoms with E-state index in [-0.39, 0.29) is 12.4 Å². The van der Waals surface area contributed by atoms with Crippen LogP contribution in [0.15, 0.2) is 28.7 Å². The van der Waals surface area contributed by atoms with Crippen LogP contribution in [0, 0.1) is 0 Å². The maximum atomic E-state index is 10.9. The molecule has 0 saturated carbocycles. The summed E-state index contributed by atoms with van der Waals surface area (Å²) in [5, 5.41) is 8.94. The fraction of sp³-hybridized carbons (Fsp3) is 0.462. The lowest BCUT2D eigenvalue weighted by molar-refractivity contribution is -0.142. The number of likely N-dealkylation sites (N-methyl/N-ethyl adjacent to an activating group) is 1. The van der Waals surface area contributed by atoms with Crippen molar-refractivity contribution in [1.29, 1.82) is 0 Å². The maximum Gasteiger partial charge on any atom is 0.320 e. The second kappa shape index (κ2) is 9.18. The summed E-state index contributed by atoms with van der Waals surface area (Å²) in [6.45, 7) is 5.40. The van der Waals surface area contributed by atoms with Crippen LogP contribution in [-0.2, 0) is 4.79 Å². The zero-order valence-electron chi connectivity index (χ0n) is 11.0. The van der Waals surface area contributed by atoms with Gasteiger partial charge in [-0.1, -0.05) is 22.9 Å². The number of nitrogens with zero attached hydrogens (tertiary/aromatic N) is 1. The number of ether oxygens (including phenoxy) is 1. The van der Waals surface area contributed by atoms with Crippen LogP contribution in [0.4, 0.5) is 0 Å². The summed E-state index contributed by atoms with van der Waals surface area (Å²) in [5.41, 5.74) is 0. The predicted molar refractivity (Wildman–Crippen MR) is 81.2 cm³/mol.